The maximum Gasteiger partial charge on any atom is 0.416 e. The minimum atomic E-state index is -4.84. The van der Waals surface area contributed by atoms with E-state index in [0.29, 0.717) is 0 Å². The standard InChI is InChI=1S/C9H9F3N2O4/c10-9(11,12)5(15)3-13-8(18)4-1-6(16)14-7(17)2-4/h1-2,5,15H,3H2,(H,13,18)(H2,14,16,17). The summed E-state index contributed by atoms with van der Waals surface area (Å²) in [7, 11) is 0. The van der Waals surface area contributed by atoms with Crippen LogP contribution in [-0.4, -0.2) is 39.9 Å². The van der Waals surface area contributed by atoms with Crippen molar-refractivity contribution in [2.45, 2.75) is 12.3 Å². The van der Waals surface area contributed by atoms with Crippen molar-refractivity contribution >= 4 is 5.91 Å². The number of aliphatic hydroxyl groups is 1. The normalized spacial score (nSPS) is 13.1. The largest absolute Gasteiger partial charge is 0.494 e. The molecule has 1 aromatic rings. The number of pyridine rings is 1. The first-order valence-electron chi connectivity index (χ1n) is 4.66. The molecule has 1 rings (SSSR count). The summed E-state index contributed by atoms with van der Waals surface area (Å²) in [6.45, 7) is -1.05. The van der Waals surface area contributed by atoms with Gasteiger partial charge in [-0.15, -0.1) is 0 Å². The molecule has 18 heavy (non-hydrogen) atoms. The van der Waals surface area contributed by atoms with Gasteiger partial charge in [0.2, 0.25) is 0 Å². The van der Waals surface area contributed by atoms with Crippen molar-refractivity contribution in [1.29, 1.82) is 0 Å². The zero-order chi connectivity index (χ0) is 13.9. The van der Waals surface area contributed by atoms with Gasteiger partial charge in [-0.2, -0.15) is 13.2 Å². The van der Waals surface area contributed by atoms with Crippen LogP contribution in [0, 0.1) is 0 Å². The summed E-state index contributed by atoms with van der Waals surface area (Å²) >= 11 is 0. The molecule has 0 aliphatic rings. The van der Waals surface area contributed by atoms with Crippen molar-refractivity contribution in [2.24, 2.45) is 0 Å². The molecule has 0 saturated heterocycles. The molecule has 1 unspecified atom stereocenters. The van der Waals surface area contributed by atoms with Crippen LogP contribution in [0.3, 0.4) is 0 Å². The quantitative estimate of drug-likeness (QED) is 0.605. The predicted octanol–water partition coefficient (Wildman–Crippen LogP) is -0.267. The number of aromatic amines is 1. The minimum absolute atomic E-state index is 0.314. The Balaban J connectivity index is 2.69. The molecule has 1 amide bonds. The number of aliphatic hydroxyl groups excluding tert-OH is 1. The third-order valence-corrected chi connectivity index (χ3v) is 1.93. The maximum atomic E-state index is 11.9. The topological polar surface area (TPSA) is 102 Å². The lowest BCUT2D eigenvalue weighted by Gasteiger charge is -2.14. The van der Waals surface area contributed by atoms with Gasteiger partial charge in [-0.25, -0.2) is 0 Å². The average Bonchev–Trinajstić information content (AvgIpc) is 2.22. The minimum Gasteiger partial charge on any atom is -0.494 e. The average molecular weight is 266 g/mol. The van der Waals surface area contributed by atoms with E-state index in [1.54, 1.807) is 5.32 Å². The summed E-state index contributed by atoms with van der Waals surface area (Å²) < 4.78 is 35.8. The molecule has 4 N–H and O–H groups in total. The Morgan fingerprint density at radius 1 is 1.44 bits per heavy atom. The first kappa shape index (κ1) is 14.0. The highest BCUT2D eigenvalue weighted by Gasteiger charge is 2.38. The van der Waals surface area contributed by atoms with Gasteiger partial charge < -0.3 is 15.5 Å². The van der Waals surface area contributed by atoms with Gasteiger partial charge in [-0.05, 0) is 0 Å². The second kappa shape index (κ2) is 5.08. The SMILES string of the molecule is O=C(NCC(O)C(F)(F)F)c1cc(O)[nH]c(=O)c1. The Morgan fingerprint density at radius 3 is 2.56 bits per heavy atom. The number of amides is 1. The summed E-state index contributed by atoms with van der Waals surface area (Å²) in [5, 5.41) is 19.4. The van der Waals surface area contributed by atoms with Crippen molar-refractivity contribution in [1.82, 2.24) is 10.3 Å². The Kier molecular flexibility index (Phi) is 3.96. The van der Waals surface area contributed by atoms with Crippen molar-refractivity contribution in [3.63, 3.8) is 0 Å². The molecule has 0 aliphatic heterocycles. The molecular weight excluding hydrogens is 257 g/mol. The van der Waals surface area contributed by atoms with Gasteiger partial charge in [0.25, 0.3) is 11.5 Å². The number of nitrogens with one attached hydrogen (secondary N) is 2. The number of alkyl halides is 3. The summed E-state index contributed by atoms with van der Waals surface area (Å²) in [5.74, 6) is -1.61. The molecule has 6 nitrogen and oxygen atoms in total. The maximum absolute atomic E-state index is 11.9. The van der Waals surface area contributed by atoms with Crippen LogP contribution in [0.15, 0.2) is 16.9 Å². The highest BCUT2D eigenvalue weighted by atomic mass is 19.4. The third kappa shape index (κ3) is 3.77. The van der Waals surface area contributed by atoms with Gasteiger partial charge in [0.15, 0.2) is 12.0 Å². The molecule has 0 aromatic carbocycles. The Hall–Kier alpha value is -2.03. The second-order valence-electron chi connectivity index (χ2n) is 3.39. The number of hydrogen-bond donors (Lipinski definition) is 4. The summed E-state index contributed by atoms with van der Waals surface area (Å²) in [4.78, 5) is 24.2. The van der Waals surface area contributed by atoms with Crippen LogP contribution in [0.4, 0.5) is 13.2 Å². The van der Waals surface area contributed by atoms with Crippen LogP contribution in [0.25, 0.3) is 0 Å². The lowest BCUT2D eigenvalue weighted by molar-refractivity contribution is -0.201. The van der Waals surface area contributed by atoms with E-state index in [4.69, 9.17) is 10.2 Å². The van der Waals surface area contributed by atoms with E-state index in [9.17, 15) is 22.8 Å². The van der Waals surface area contributed by atoms with Crippen molar-refractivity contribution < 1.29 is 28.2 Å². The predicted molar refractivity (Wildman–Crippen MR) is 53.1 cm³/mol. The first-order valence-corrected chi connectivity index (χ1v) is 4.66. The molecule has 1 heterocycles. The Morgan fingerprint density at radius 2 is 2.06 bits per heavy atom. The molecule has 0 radical (unpaired) electrons. The van der Waals surface area contributed by atoms with Crippen LogP contribution < -0.4 is 10.9 Å². The number of rotatable bonds is 3. The number of carbonyl (C=O) groups is 1. The van der Waals surface area contributed by atoms with Crippen molar-refractivity contribution in [2.75, 3.05) is 6.54 Å². The summed E-state index contributed by atoms with van der Waals surface area (Å²) in [5.41, 5.74) is -1.10. The molecular formula is C9H9F3N2O4. The molecule has 0 fully saturated rings. The highest BCUT2D eigenvalue weighted by Crippen LogP contribution is 2.19. The Labute approximate surface area is 98.1 Å². The number of halogens is 3. The molecule has 0 aliphatic carbocycles. The molecule has 0 bridgehead atoms. The second-order valence-corrected chi connectivity index (χ2v) is 3.39. The fourth-order valence-electron chi connectivity index (χ4n) is 1.07. The van der Waals surface area contributed by atoms with E-state index in [1.807, 2.05) is 4.98 Å². The van der Waals surface area contributed by atoms with Gasteiger partial charge in [-0.1, -0.05) is 0 Å². The number of hydrogen-bond acceptors (Lipinski definition) is 4. The van der Waals surface area contributed by atoms with Crippen LogP contribution >= 0.6 is 0 Å². The molecule has 1 aromatic heterocycles. The van der Waals surface area contributed by atoms with Gasteiger partial charge in [-0.3, -0.25) is 14.6 Å². The van der Waals surface area contributed by atoms with Crippen LogP contribution in [-0.2, 0) is 0 Å². The van der Waals surface area contributed by atoms with Crippen molar-refractivity contribution in [3.8, 4) is 5.88 Å². The number of aromatic nitrogens is 1. The number of H-pyrrole nitrogens is 1. The zero-order valence-corrected chi connectivity index (χ0v) is 8.78. The molecule has 1 atom stereocenters. The van der Waals surface area contributed by atoms with Crippen LogP contribution in [0.2, 0.25) is 0 Å². The number of carbonyl (C=O) groups excluding carboxylic acids is 1. The zero-order valence-electron chi connectivity index (χ0n) is 8.78. The first-order chi connectivity index (χ1) is 8.20. The van der Waals surface area contributed by atoms with Gasteiger partial charge in [0, 0.05) is 12.1 Å². The van der Waals surface area contributed by atoms with E-state index in [1.165, 1.54) is 0 Å². The smallest absolute Gasteiger partial charge is 0.416 e. The van der Waals surface area contributed by atoms with E-state index < -0.39 is 36.2 Å². The fraction of sp³-hybridized carbons (Fsp3) is 0.333. The molecule has 0 saturated carbocycles. The molecule has 0 spiro atoms. The Bertz CT molecular complexity index is 497. The van der Waals surface area contributed by atoms with Crippen LogP contribution in [0.1, 0.15) is 10.4 Å². The highest BCUT2D eigenvalue weighted by molar-refractivity contribution is 5.94. The number of aromatic hydroxyl groups is 1. The lowest BCUT2D eigenvalue weighted by Crippen LogP contribution is -2.40. The van der Waals surface area contributed by atoms with Gasteiger partial charge in [0.1, 0.15) is 0 Å². The summed E-state index contributed by atoms with van der Waals surface area (Å²) in [6, 6.07) is 1.67. The summed E-state index contributed by atoms with van der Waals surface area (Å²) in [6.07, 6.45) is -7.54. The van der Waals surface area contributed by atoms with Gasteiger partial charge >= 0.3 is 6.18 Å². The fourth-order valence-corrected chi connectivity index (χ4v) is 1.07. The van der Waals surface area contributed by atoms with Crippen molar-refractivity contribution in [3.05, 3.63) is 28.0 Å². The van der Waals surface area contributed by atoms with E-state index >= 15 is 0 Å². The van der Waals surface area contributed by atoms with E-state index in [2.05, 4.69) is 0 Å². The van der Waals surface area contributed by atoms with Gasteiger partial charge in [0.05, 0.1) is 12.1 Å². The molecule has 9 heteroatoms. The third-order valence-electron chi connectivity index (χ3n) is 1.93. The van der Waals surface area contributed by atoms with Crippen LogP contribution in [0.5, 0.6) is 5.88 Å². The molecule has 100 valence electrons. The van der Waals surface area contributed by atoms with E-state index in [0.717, 1.165) is 12.1 Å². The monoisotopic (exact) mass is 266 g/mol. The van der Waals surface area contributed by atoms with E-state index in [-0.39, 0.29) is 5.56 Å². The lowest BCUT2D eigenvalue weighted by atomic mass is 10.2.